The highest BCUT2D eigenvalue weighted by Gasteiger charge is 2.66. The molecule has 4 rings (SSSR count). The molecule has 0 saturated heterocycles. The van der Waals surface area contributed by atoms with Gasteiger partial charge in [0.15, 0.2) is 0 Å². The van der Waals surface area contributed by atoms with Crippen LogP contribution in [0, 0.1) is 36.5 Å². The fourth-order valence-corrected chi connectivity index (χ4v) is 7.32. The molecule has 0 radical (unpaired) electrons. The second kappa shape index (κ2) is 4.58. The van der Waals surface area contributed by atoms with Crippen LogP contribution in [0.3, 0.4) is 0 Å². The van der Waals surface area contributed by atoms with Crippen LogP contribution in [0.4, 0.5) is 0 Å². The van der Waals surface area contributed by atoms with E-state index in [9.17, 15) is 0 Å². The van der Waals surface area contributed by atoms with Crippen LogP contribution in [0.2, 0.25) is 0 Å². The molecule has 19 heavy (non-hydrogen) atoms. The summed E-state index contributed by atoms with van der Waals surface area (Å²) in [7, 11) is 0. The number of rotatable bonds is 2. The SMILES string of the molecule is Cc1cc(Br)c(C(Br)C2C3C4CCC(C4)C32)cc1Br. The third kappa shape index (κ3) is 1.94. The van der Waals surface area contributed by atoms with E-state index in [1.807, 2.05) is 0 Å². The van der Waals surface area contributed by atoms with Crippen molar-refractivity contribution in [1.82, 2.24) is 0 Å². The van der Waals surface area contributed by atoms with Crippen molar-refractivity contribution in [2.24, 2.45) is 29.6 Å². The normalized spacial score (nSPS) is 40.3. The molecule has 0 nitrogen and oxygen atoms in total. The average Bonchev–Trinajstić information content (AvgIpc) is 2.81. The fourth-order valence-electron chi connectivity index (χ4n) is 4.86. The lowest BCUT2D eigenvalue weighted by Crippen LogP contribution is -2.04. The molecule has 3 saturated carbocycles. The first-order valence-electron chi connectivity index (χ1n) is 7.17. The first-order chi connectivity index (χ1) is 9.08. The molecule has 3 heteroatoms. The minimum Gasteiger partial charge on any atom is -0.0835 e. The van der Waals surface area contributed by atoms with Crippen LogP contribution in [-0.2, 0) is 0 Å². The van der Waals surface area contributed by atoms with E-state index >= 15 is 0 Å². The van der Waals surface area contributed by atoms with Crippen molar-refractivity contribution in [2.45, 2.75) is 31.0 Å². The summed E-state index contributed by atoms with van der Waals surface area (Å²) in [6, 6.07) is 4.54. The Morgan fingerprint density at radius 3 is 2.32 bits per heavy atom. The van der Waals surface area contributed by atoms with Crippen LogP contribution in [0.1, 0.15) is 35.2 Å². The predicted molar refractivity (Wildman–Crippen MR) is 89.5 cm³/mol. The highest BCUT2D eigenvalue weighted by atomic mass is 79.9. The molecule has 0 amide bonds. The second-order valence-corrected chi connectivity index (χ2v) is 9.29. The lowest BCUT2D eigenvalue weighted by Gasteiger charge is -2.17. The summed E-state index contributed by atoms with van der Waals surface area (Å²) in [4.78, 5) is 0.525. The first-order valence-corrected chi connectivity index (χ1v) is 9.67. The fraction of sp³-hybridized carbons (Fsp3) is 0.625. The molecule has 0 spiro atoms. The molecule has 5 unspecified atom stereocenters. The second-order valence-electron chi connectivity index (χ2n) is 6.59. The maximum atomic E-state index is 4.01. The number of alkyl halides is 1. The van der Waals surface area contributed by atoms with Gasteiger partial charge < -0.3 is 0 Å². The van der Waals surface area contributed by atoms with Gasteiger partial charge in [0.1, 0.15) is 0 Å². The number of benzene rings is 1. The van der Waals surface area contributed by atoms with E-state index in [1.165, 1.54) is 39.3 Å². The van der Waals surface area contributed by atoms with Gasteiger partial charge >= 0.3 is 0 Å². The number of fused-ring (bicyclic) bond motifs is 5. The molecule has 3 aliphatic rings. The van der Waals surface area contributed by atoms with Crippen molar-refractivity contribution in [3.8, 4) is 0 Å². The molecule has 5 atom stereocenters. The van der Waals surface area contributed by atoms with Crippen LogP contribution in [0.5, 0.6) is 0 Å². The first kappa shape index (κ1) is 13.3. The highest BCUT2D eigenvalue weighted by Crippen LogP contribution is 2.73. The zero-order chi connectivity index (χ0) is 13.3. The van der Waals surface area contributed by atoms with Crippen LogP contribution >= 0.6 is 47.8 Å². The van der Waals surface area contributed by atoms with E-state index in [2.05, 4.69) is 66.8 Å². The molecule has 1 aromatic rings. The van der Waals surface area contributed by atoms with E-state index in [4.69, 9.17) is 0 Å². The minimum absolute atomic E-state index is 0.525. The van der Waals surface area contributed by atoms with Crippen molar-refractivity contribution < 1.29 is 0 Å². The molecule has 102 valence electrons. The largest absolute Gasteiger partial charge is 0.0835 e. The van der Waals surface area contributed by atoms with Gasteiger partial charge in [0.2, 0.25) is 0 Å². The Labute approximate surface area is 140 Å². The van der Waals surface area contributed by atoms with Gasteiger partial charge in [-0.2, -0.15) is 0 Å². The Hall–Kier alpha value is 0.660. The van der Waals surface area contributed by atoms with Crippen LogP contribution in [-0.4, -0.2) is 0 Å². The molecule has 3 aliphatic carbocycles. The molecule has 0 heterocycles. The molecule has 0 aliphatic heterocycles. The Balaban J connectivity index is 1.62. The molecule has 2 bridgehead atoms. The summed E-state index contributed by atoms with van der Waals surface area (Å²) in [5.74, 6) is 5.03. The van der Waals surface area contributed by atoms with Gasteiger partial charge in [0.05, 0.1) is 0 Å². The zero-order valence-electron chi connectivity index (χ0n) is 10.9. The molecule has 0 N–H and O–H groups in total. The predicted octanol–water partition coefficient (Wildman–Crippen LogP) is 6.25. The van der Waals surface area contributed by atoms with Crippen molar-refractivity contribution in [3.05, 3.63) is 32.2 Å². The maximum absolute atomic E-state index is 4.01. The van der Waals surface area contributed by atoms with Gasteiger partial charge in [-0.3, -0.25) is 0 Å². The summed E-state index contributed by atoms with van der Waals surface area (Å²) in [6.07, 6.45) is 4.53. The van der Waals surface area contributed by atoms with E-state index in [0.29, 0.717) is 4.83 Å². The summed E-state index contributed by atoms with van der Waals surface area (Å²) < 4.78 is 2.48. The maximum Gasteiger partial charge on any atom is 0.0440 e. The van der Waals surface area contributed by atoms with Gasteiger partial charge in [-0.15, -0.1) is 0 Å². The molecule has 1 aromatic carbocycles. The molecule has 3 fully saturated rings. The summed E-state index contributed by atoms with van der Waals surface area (Å²) in [5.41, 5.74) is 2.72. The van der Waals surface area contributed by atoms with Gasteiger partial charge in [0.25, 0.3) is 0 Å². The van der Waals surface area contributed by atoms with Crippen molar-refractivity contribution >= 4 is 47.8 Å². The van der Waals surface area contributed by atoms with Crippen LogP contribution < -0.4 is 0 Å². The highest BCUT2D eigenvalue weighted by molar-refractivity contribution is 9.11. The Bertz CT molecular complexity index is 523. The van der Waals surface area contributed by atoms with Gasteiger partial charge in [-0.1, -0.05) is 47.8 Å². The smallest absolute Gasteiger partial charge is 0.0440 e. The Kier molecular flexibility index (Phi) is 3.21. The Morgan fingerprint density at radius 1 is 1.05 bits per heavy atom. The average molecular weight is 449 g/mol. The van der Waals surface area contributed by atoms with Crippen molar-refractivity contribution in [3.63, 3.8) is 0 Å². The summed E-state index contributed by atoms with van der Waals surface area (Å²) in [6.45, 7) is 2.15. The van der Waals surface area contributed by atoms with E-state index in [0.717, 1.165) is 29.6 Å². The lowest BCUT2D eigenvalue weighted by molar-refractivity contribution is 0.456. The molecular weight excluding hydrogens is 432 g/mol. The quantitative estimate of drug-likeness (QED) is 0.469. The minimum atomic E-state index is 0.525. The summed E-state index contributed by atoms with van der Waals surface area (Å²) >= 11 is 11.4. The third-order valence-corrected chi connectivity index (χ3v) is 8.35. The van der Waals surface area contributed by atoms with Gasteiger partial charge in [0, 0.05) is 13.8 Å². The topological polar surface area (TPSA) is 0 Å². The molecule has 0 aromatic heterocycles. The van der Waals surface area contributed by atoms with Gasteiger partial charge in [-0.05, 0) is 79.0 Å². The van der Waals surface area contributed by atoms with E-state index < -0.39 is 0 Å². The monoisotopic (exact) mass is 446 g/mol. The van der Waals surface area contributed by atoms with Gasteiger partial charge in [-0.25, -0.2) is 0 Å². The van der Waals surface area contributed by atoms with E-state index in [-0.39, 0.29) is 0 Å². The lowest BCUT2D eigenvalue weighted by atomic mass is 9.97. The van der Waals surface area contributed by atoms with Crippen LogP contribution in [0.25, 0.3) is 0 Å². The third-order valence-electron chi connectivity index (χ3n) is 5.71. The van der Waals surface area contributed by atoms with Crippen LogP contribution in [0.15, 0.2) is 21.1 Å². The van der Waals surface area contributed by atoms with Crippen molar-refractivity contribution in [1.29, 1.82) is 0 Å². The Morgan fingerprint density at radius 2 is 1.68 bits per heavy atom. The standard InChI is InChI=1S/C16H17Br3/c1-7-4-12(18)10(6-11(7)17)16(19)15-13-8-2-3-9(5-8)14(13)15/h4,6,8-9,13-16H,2-3,5H2,1H3. The van der Waals surface area contributed by atoms with Crippen molar-refractivity contribution in [2.75, 3.05) is 0 Å². The number of aryl methyl sites for hydroxylation is 1. The number of halogens is 3. The molecular formula is C16H17Br3. The number of hydrogen-bond acceptors (Lipinski definition) is 0. The number of hydrogen-bond donors (Lipinski definition) is 0. The zero-order valence-corrected chi connectivity index (χ0v) is 15.6. The summed E-state index contributed by atoms with van der Waals surface area (Å²) in [5, 5.41) is 0. The van der Waals surface area contributed by atoms with E-state index in [1.54, 1.807) is 0 Å².